The van der Waals surface area contributed by atoms with Crippen LogP contribution in [0.5, 0.6) is 0 Å². The zero-order chi connectivity index (χ0) is 11.1. The Bertz CT molecular complexity index is 204. The summed E-state index contributed by atoms with van der Waals surface area (Å²) in [5, 5.41) is 0. The Morgan fingerprint density at radius 2 is 1.67 bits per heavy atom. The second kappa shape index (κ2) is 4.08. The van der Waals surface area contributed by atoms with Crippen LogP contribution in [0.1, 0.15) is 59.3 Å². The SMILES string of the molecule is CC(C)(C)CCC(N)C1C2CCCCC21. The van der Waals surface area contributed by atoms with Gasteiger partial charge in [-0.25, -0.2) is 0 Å². The van der Waals surface area contributed by atoms with E-state index >= 15 is 0 Å². The van der Waals surface area contributed by atoms with Gasteiger partial charge in [-0.15, -0.1) is 0 Å². The summed E-state index contributed by atoms with van der Waals surface area (Å²) in [5.41, 5.74) is 6.80. The number of hydrogen-bond acceptors (Lipinski definition) is 1. The topological polar surface area (TPSA) is 26.0 Å². The lowest BCUT2D eigenvalue weighted by Crippen LogP contribution is -2.26. The van der Waals surface area contributed by atoms with E-state index in [1.165, 1.54) is 38.5 Å². The van der Waals surface area contributed by atoms with E-state index in [1.54, 1.807) is 0 Å². The fourth-order valence-corrected chi connectivity index (χ4v) is 3.47. The molecule has 0 saturated heterocycles. The molecule has 0 heterocycles. The lowest BCUT2D eigenvalue weighted by molar-refractivity contribution is 0.333. The Morgan fingerprint density at radius 1 is 1.13 bits per heavy atom. The Hall–Kier alpha value is -0.0400. The summed E-state index contributed by atoms with van der Waals surface area (Å²) in [7, 11) is 0. The highest BCUT2D eigenvalue weighted by molar-refractivity contribution is 5.03. The highest BCUT2D eigenvalue weighted by Crippen LogP contribution is 2.57. The van der Waals surface area contributed by atoms with E-state index in [4.69, 9.17) is 5.73 Å². The van der Waals surface area contributed by atoms with Gasteiger partial charge < -0.3 is 5.73 Å². The van der Waals surface area contributed by atoms with E-state index in [1.807, 2.05) is 0 Å². The Labute approximate surface area is 94.8 Å². The van der Waals surface area contributed by atoms with E-state index in [2.05, 4.69) is 20.8 Å². The summed E-state index contributed by atoms with van der Waals surface area (Å²) in [6, 6.07) is 0.498. The van der Waals surface area contributed by atoms with Crippen molar-refractivity contribution in [2.45, 2.75) is 65.3 Å². The second-order valence-corrected chi connectivity index (χ2v) is 6.95. The van der Waals surface area contributed by atoms with Crippen molar-refractivity contribution in [3.63, 3.8) is 0 Å². The molecule has 1 nitrogen and oxygen atoms in total. The zero-order valence-electron chi connectivity index (χ0n) is 10.6. The normalized spacial score (nSPS) is 37.2. The van der Waals surface area contributed by atoms with Gasteiger partial charge >= 0.3 is 0 Å². The van der Waals surface area contributed by atoms with Crippen LogP contribution in [0.3, 0.4) is 0 Å². The summed E-state index contributed by atoms with van der Waals surface area (Å²) in [6.07, 6.45) is 8.38. The maximum Gasteiger partial charge on any atom is 0.00728 e. The molecule has 15 heavy (non-hydrogen) atoms. The molecule has 2 saturated carbocycles. The first-order chi connectivity index (χ1) is 6.99. The van der Waals surface area contributed by atoms with Crippen LogP contribution in [0.2, 0.25) is 0 Å². The van der Waals surface area contributed by atoms with Gasteiger partial charge in [-0.3, -0.25) is 0 Å². The van der Waals surface area contributed by atoms with Gasteiger partial charge in [-0.1, -0.05) is 33.6 Å². The van der Waals surface area contributed by atoms with Crippen LogP contribution in [0.4, 0.5) is 0 Å². The maximum absolute atomic E-state index is 6.35. The molecule has 88 valence electrons. The molecule has 0 aromatic heterocycles. The molecule has 0 bridgehead atoms. The monoisotopic (exact) mass is 209 g/mol. The molecule has 0 aromatic carbocycles. The highest BCUT2D eigenvalue weighted by Gasteiger charge is 2.52. The third-order valence-corrected chi connectivity index (χ3v) is 4.44. The van der Waals surface area contributed by atoms with Gasteiger partial charge in [0.1, 0.15) is 0 Å². The first-order valence-corrected chi connectivity index (χ1v) is 6.74. The van der Waals surface area contributed by atoms with Crippen molar-refractivity contribution in [2.75, 3.05) is 0 Å². The quantitative estimate of drug-likeness (QED) is 0.755. The molecule has 2 fully saturated rings. The van der Waals surface area contributed by atoms with Crippen LogP contribution < -0.4 is 5.73 Å². The van der Waals surface area contributed by atoms with Crippen LogP contribution in [0.25, 0.3) is 0 Å². The molecule has 0 spiro atoms. The molecule has 3 unspecified atom stereocenters. The Balaban J connectivity index is 1.75. The van der Waals surface area contributed by atoms with Gasteiger partial charge in [0.15, 0.2) is 0 Å². The summed E-state index contributed by atoms with van der Waals surface area (Å²) in [4.78, 5) is 0. The molecule has 0 aliphatic heterocycles. The van der Waals surface area contributed by atoms with Crippen molar-refractivity contribution < 1.29 is 0 Å². The molecule has 2 aliphatic carbocycles. The Kier molecular flexibility index (Phi) is 3.12. The smallest absolute Gasteiger partial charge is 0.00728 e. The highest BCUT2D eigenvalue weighted by atomic mass is 14.7. The molecule has 0 radical (unpaired) electrons. The van der Waals surface area contributed by atoms with Crippen LogP contribution >= 0.6 is 0 Å². The van der Waals surface area contributed by atoms with E-state index in [-0.39, 0.29) is 0 Å². The molecule has 1 heteroatoms. The van der Waals surface area contributed by atoms with Crippen molar-refractivity contribution in [1.29, 1.82) is 0 Å². The first kappa shape index (κ1) is 11.4. The van der Waals surface area contributed by atoms with E-state index in [0.29, 0.717) is 11.5 Å². The van der Waals surface area contributed by atoms with Gasteiger partial charge in [0, 0.05) is 6.04 Å². The van der Waals surface area contributed by atoms with Crippen LogP contribution in [0.15, 0.2) is 0 Å². The molecule has 0 amide bonds. The zero-order valence-corrected chi connectivity index (χ0v) is 10.6. The average molecular weight is 209 g/mol. The van der Waals surface area contributed by atoms with Gasteiger partial charge in [0.2, 0.25) is 0 Å². The van der Waals surface area contributed by atoms with E-state index in [9.17, 15) is 0 Å². The summed E-state index contributed by atoms with van der Waals surface area (Å²) in [6.45, 7) is 6.96. The molecule has 2 aliphatic rings. The summed E-state index contributed by atoms with van der Waals surface area (Å²) < 4.78 is 0. The first-order valence-electron chi connectivity index (χ1n) is 6.74. The maximum atomic E-state index is 6.35. The summed E-state index contributed by atoms with van der Waals surface area (Å²) in [5.74, 6) is 2.94. The van der Waals surface area contributed by atoms with Crippen LogP contribution in [0, 0.1) is 23.2 Å². The number of rotatable bonds is 3. The molecular weight excluding hydrogens is 182 g/mol. The van der Waals surface area contributed by atoms with Crippen LogP contribution in [-0.2, 0) is 0 Å². The van der Waals surface area contributed by atoms with Crippen LogP contribution in [-0.4, -0.2) is 6.04 Å². The molecule has 0 aromatic rings. The van der Waals surface area contributed by atoms with Crippen molar-refractivity contribution in [3.8, 4) is 0 Å². The average Bonchev–Trinajstić information content (AvgIpc) is 2.87. The third kappa shape index (κ3) is 2.75. The van der Waals surface area contributed by atoms with Gasteiger partial charge in [0.25, 0.3) is 0 Å². The van der Waals surface area contributed by atoms with E-state index in [0.717, 1.165) is 17.8 Å². The number of hydrogen-bond donors (Lipinski definition) is 1. The Morgan fingerprint density at radius 3 is 2.13 bits per heavy atom. The van der Waals surface area contributed by atoms with E-state index < -0.39 is 0 Å². The second-order valence-electron chi connectivity index (χ2n) is 6.95. The molecule has 2 N–H and O–H groups in total. The minimum Gasteiger partial charge on any atom is -0.327 e. The van der Waals surface area contributed by atoms with Crippen molar-refractivity contribution in [3.05, 3.63) is 0 Å². The molecule has 2 rings (SSSR count). The fourth-order valence-electron chi connectivity index (χ4n) is 3.47. The van der Waals surface area contributed by atoms with Crippen molar-refractivity contribution in [1.82, 2.24) is 0 Å². The van der Waals surface area contributed by atoms with Gasteiger partial charge in [-0.2, -0.15) is 0 Å². The largest absolute Gasteiger partial charge is 0.327 e. The molecule has 3 atom stereocenters. The minimum absolute atomic E-state index is 0.456. The van der Waals surface area contributed by atoms with Gasteiger partial charge in [0.05, 0.1) is 0 Å². The standard InChI is InChI=1S/C14H27N/c1-14(2,3)9-8-12(15)13-10-6-4-5-7-11(10)13/h10-13H,4-9,15H2,1-3H3. The fraction of sp³-hybridized carbons (Fsp3) is 1.00. The lowest BCUT2D eigenvalue weighted by Gasteiger charge is -2.21. The summed E-state index contributed by atoms with van der Waals surface area (Å²) >= 11 is 0. The van der Waals surface area contributed by atoms with Crippen molar-refractivity contribution >= 4 is 0 Å². The predicted octanol–water partition coefficient (Wildman–Crippen LogP) is 3.58. The van der Waals surface area contributed by atoms with Gasteiger partial charge in [-0.05, 0) is 48.9 Å². The number of fused-ring (bicyclic) bond motifs is 1. The number of nitrogens with two attached hydrogens (primary N) is 1. The minimum atomic E-state index is 0.456. The lowest BCUT2D eigenvalue weighted by atomic mass is 9.87. The predicted molar refractivity (Wildman–Crippen MR) is 65.6 cm³/mol. The third-order valence-electron chi connectivity index (χ3n) is 4.44. The van der Waals surface area contributed by atoms with Crippen molar-refractivity contribution in [2.24, 2.45) is 28.9 Å². The molecular formula is C14H27N.